The van der Waals surface area contributed by atoms with E-state index in [1.54, 1.807) is 19.2 Å². The molecule has 0 radical (unpaired) electrons. The van der Waals surface area contributed by atoms with E-state index in [-0.39, 0.29) is 0 Å². The van der Waals surface area contributed by atoms with Crippen LogP contribution in [0.4, 0.5) is 0 Å². The molecule has 2 nitrogen and oxygen atoms in total. The van der Waals surface area contributed by atoms with E-state index in [0.717, 1.165) is 11.1 Å². The second kappa shape index (κ2) is 5.68. The molecular formula is C12H10Cl3NOS. The van der Waals surface area contributed by atoms with Crippen LogP contribution in [0.15, 0.2) is 24.3 Å². The molecule has 2 aromatic rings. The average Bonchev–Trinajstić information content (AvgIpc) is 2.67. The van der Waals surface area contributed by atoms with E-state index in [0.29, 0.717) is 19.4 Å². The molecule has 0 aliphatic carbocycles. The standard InChI is InChI=1S/C12H10Cl3NOS/c1-17-6-2-3-7(9(13)4-6)11(16)8-5-10(14)18-12(8)15/h2-5,11H,16H2,1H3. The summed E-state index contributed by atoms with van der Waals surface area (Å²) in [6.45, 7) is 0. The zero-order valence-electron chi connectivity index (χ0n) is 9.41. The van der Waals surface area contributed by atoms with Gasteiger partial charge in [0.05, 0.1) is 21.8 Å². The zero-order valence-corrected chi connectivity index (χ0v) is 12.5. The second-order valence-corrected chi connectivity index (χ2v) is 6.34. The van der Waals surface area contributed by atoms with Gasteiger partial charge in [0.2, 0.25) is 0 Å². The molecule has 1 aromatic carbocycles. The fourth-order valence-electron chi connectivity index (χ4n) is 1.62. The Hall–Kier alpha value is -0.450. The molecule has 0 spiro atoms. The monoisotopic (exact) mass is 321 g/mol. The van der Waals surface area contributed by atoms with Gasteiger partial charge in [0, 0.05) is 10.6 Å². The number of hydrogen-bond acceptors (Lipinski definition) is 3. The van der Waals surface area contributed by atoms with Crippen molar-refractivity contribution in [3.63, 3.8) is 0 Å². The van der Waals surface area contributed by atoms with Crippen LogP contribution in [0.25, 0.3) is 0 Å². The SMILES string of the molecule is COc1ccc(C(N)c2cc(Cl)sc2Cl)c(Cl)c1. The number of halogens is 3. The first-order valence-electron chi connectivity index (χ1n) is 5.06. The Morgan fingerprint density at radius 2 is 1.89 bits per heavy atom. The lowest BCUT2D eigenvalue weighted by Gasteiger charge is -2.14. The Bertz CT molecular complexity index is 570. The van der Waals surface area contributed by atoms with E-state index < -0.39 is 6.04 Å². The fraction of sp³-hybridized carbons (Fsp3) is 0.167. The molecule has 0 aliphatic heterocycles. The highest BCUT2D eigenvalue weighted by atomic mass is 35.5. The van der Waals surface area contributed by atoms with Crippen LogP contribution in [0, 0.1) is 0 Å². The predicted octanol–water partition coefficient (Wildman–Crippen LogP) is 4.77. The van der Waals surface area contributed by atoms with Gasteiger partial charge in [0.25, 0.3) is 0 Å². The third-order valence-electron chi connectivity index (χ3n) is 2.56. The van der Waals surface area contributed by atoms with Crippen LogP contribution in [-0.2, 0) is 0 Å². The summed E-state index contributed by atoms with van der Waals surface area (Å²) < 4.78 is 6.28. The number of benzene rings is 1. The molecule has 0 fully saturated rings. The van der Waals surface area contributed by atoms with Gasteiger partial charge in [-0.2, -0.15) is 0 Å². The molecular weight excluding hydrogens is 313 g/mol. The largest absolute Gasteiger partial charge is 0.497 e. The number of rotatable bonds is 3. The molecule has 18 heavy (non-hydrogen) atoms. The van der Waals surface area contributed by atoms with E-state index >= 15 is 0 Å². The van der Waals surface area contributed by atoms with Gasteiger partial charge in [-0.15, -0.1) is 11.3 Å². The topological polar surface area (TPSA) is 35.2 Å². The Morgan fingerprint density at radius 1 is 1.17 bits per heavy atom. The maximum absolute atomic E-state index is 6.18. The molecule has 1 unspecified atom stereocenters. The minimum Gasteiger partial charge on any atom is -0.497 e. The molecule has 1 atom stereocenters. The molecule has 0 aliphatic rings. The summed E-state index contributed by atoms with van der Waals surface area (Å²) in [5.41, 5.74) is 7.72. The molecule has 0 bridgehead atoms. The van der Waals surface area contributed by atoms with Crippen LogP contribution in [0.3, 0.4) is 0 Å². The zero-order chi connectivity index (χ0) is 13.3. The van der Waals surface area contributed by atoms with Gasteiger partial charge in [-0.05, 0) is 23.8 Å². The van der Waals surface area contributed by atoms with Crippen molar-refractivity contribution in [2.45, 2.75) is 6.04 Å². The van der Waals surface area contributed by atoms with Crippen LogP contribution in [0.1, 0.15) is 17.2 Å². The van der Waals surface area contributed by atoms with Gasteiger partial charge in [0.1, 0.15) is 5.75 Å². The Balaban J connectivity index is 2.39. The van der Waals surface area contributed by atoms with Crippen molar-refractivity contribution in [2.75, 3.05) is 7.11 Å². The van der Waals surface area contributed by atoms with E-state index in [4.69, 9.17) is 45.3 Å². The van der Waals surface area contributed by atoms with E-state index in [1.165, 1.54) is 11.3 Å². The number of ether oxygens (including phenoxy) is 1. The first-order valence-corrected chi connectivity index (χ1v) is 7.01. The van der Waals surface area contributed by atoms with Gasteiger partial charge in [-0.3, -0.25) is 0 Å². The molecule has 0 saturated carbocycles. The predicted molar refractivity (Wildman–Crippen MR) is 78.4 cm³/mol. The molecule has 1 aromatic heterocycles. The molecule has 0 amide bonds. The summed E-state index contributed by atoms with van der Waals surface area (Å²) in [6, 6.07) is 6.72. The first kappa shape index (κ1) is 14.0. The maximum Gasteiger partial charge on any atom is 0.120 e. The normalized spacial score (nSPS) is 12.5. The molecule has 6 heteroatoms. The van der Waals surface area contributed by atoms with Gasteiger partial charge < -0.3 is 10.5 Å². The summed E-state index contributed by atoms with van der Waals surface area (Å²) in [6.07, 6.45) is 0. The van der Waals surface area contributed by atoms with E-state index in [2.05, 4.69) is 0 Å². The molecule has 2 N–H and O–H groups in total. The summed E-state index contributed by atoms with van der Waals surface area (Å²) >= 11 is 19.5. The Morgan fingerprint density at radius 3 is 2.39 bits per heavy atom. The quantitative estimate of drug-likeness (QED) is 0.884. The summed E-state index contributed by atoms with van der Waals surface area (Å²) in [5, 5.41) is 0.542. The van der Waals surface area contributed by atoms with Crippen LogP contribution in [-0.4, -0.2) is 7.11 Å². The molecule has 2 rings (SSSR count). The van der Waals surface area contributed by atoms with Crippen molar-refractivity contribution in [1.29, 1.82) is 0 Å². The fourth-order valence-corrected chi connectivity index (χ4v) is 3.46. The maximum atomic E-state index is 6.18. The number of methoxy groups -OCH3 is 1. The number of thiophene rings is 1. The summed E-state index contributed by atoms with van der Waals surface area (Å²) in [7, 11) is 1.58. The highest BCUT2D eigenvalue weighted by Gasteiger charge is 2.18. The summed E-state index contributed by atoms with van der Waals surface area (Å²) in [5.74, 6) is 0.686. The average molecular weight is 323 g/mol. The third-order valence-corrected chi connectivity index (χ3v) is 4.41. The van der Waals surface area contributed by atoms with Crippen LogP contribution in [0.5, 0.6) is 5.75 Å². The Kier molecular flexibility index (Phi) is 4.41. The third kappa shape index (κ3) is 2.76. The highest BCUT2D eigenvalue weighted by molar-refractivity contribution is 7.20. The van der Waals surface area contributed by atoms with Crippen LogP contribution >= 0.6 is 46.1 Å². The molecule has 96 valence electrons. The second-order valence-electron chi connectivity index (χ2n) is 3.64. The van der Waals surface area contributed by atoms with Crippen LogP contribution in [0.2, 0.25) is 13.7 Å². The summed E-state index contributed by atoms with van der Waals surface area (Å²) in [4.78, 5) is 0. The number of nitrogens with two attached hydrogens (primary N) is 1. The minimum absolute atomic E-state index is 0.403. The van der Waals surface area contributed by atoms with E-state index in [9.17, 15) is 0 Å². The van der Waals surface area contributed by atoms with Crippen molar-refractivity contribution in [3.05, 3.63) is 49.1 Å². The smallest absolute Gasteiger partial charge is 0.120 e. The Labute approximate surface area is 124 Å². The van der Waals surface area contributed by atoms with Gasteiger partial charge >= 0.3 is 0 Å². The lowest BCUT2D eigenvalue weighted by molar-refractivity contribution is 0.414. The van der Waals surface area contributed by atoms with Crippen molar-refractivity contribution >= 4 is 46.1 Å². The van der Waals surface area contributed by atoms with Crippen molar-refractivity contribution < 1.29 is 4.74 Å². The van der Waals surface area contributed by atoms with Gasteiger partial charge in [-0.1, -0.05) is 40.9 Å². The lowest BCUT2D eigenvalue weighted by Crippen LogP contribution is -2.11. The van der Waals surface area contributed by atoms with Crippen molar-refractivity contribution in [2.24, 2.45) is 5.73 Å². The van der Waals surface area contributed by atoms with Gasteiger partial charge in [0.15, 0.2) is 0 Å². The van der Waals surface area contributed by atoms with Crippen LogP contribution < -0.4 is 10.5 Å². The van der Waals surface area contributed by atoms with Gasteiger partial charge in [-0.25, -0.2) is 0 Å². The number of hydrogen-bond donors (Lipinski definition) is 1. The lowest BCUT2D eigenvalue weighted by atomic mass is 10.0. The molecule has 0 saturated heterocycles. The molecule has 1 heterocycles. The van der Waals surface area contributed by atoms with Crippen molar-refractivity contribution in [3.8, 4) is 5.75 Å². The van der Waals surface area contributed by atoms with E-state index in [1.807, 2.05) is 12.1 Å². The minimum atomic E-state index is -0.403. The first-order chi connectivity index (χ1) is 8.52. The highest BCUT2D eigenvalue weighted by Crippen LogP contribution is 2.38. The van der Waals surface area contributed by atoms with Crippen molar-refractivity contribution in [1.82, 2.24) is 0 Å².